The lowest BCUT2D eigenvalue weighted by molar-refractivity contribution is 0.396. The highest BCUT2D eigenvalue weighted by Crippen LogP contribution is 2.37. The summed E-state index contributed by atoms with van der Waals surface area (Å²) in [6, 6.07) is 3.46. The van der Waals surface area contributed by atoms with Gasteiger partial charge in [-0.2, -0.15) is 0 Å². The predicted octanol–water partition coefficient (Wildman–Crippen LogP) is 3.24. The molecule has 6 nitrogen and oxygen atoms in total. The van der Waals surface area contributed by atoms with Crippen LogP contribution in [0.25, 0.3) is 0 Å². The molecule has 0 aliphatic heterocycles. The fraction of sp³-hybridized carbons (Fsp3) is 0.286. The lowest BCUT2D eigenvalue weighted by atomic mass is 10.2. The highest BCUT2D eigenvalue weighted by atomic mass is 35.5. The number of hydrogen-bond acceptors (Lipinski definition) is 6. The summed E-state index contributed by atoms with van der Waals surface area (Å²) in [5.74, 6) is 2.59. The molecule has 0 fully saturated rings. The molecule has 7 heteroatoms. The van der Waals surface area contributed by atoms with Gasteiger partial charge in [0, 0.05) is 18.7 Å². The quantitative estimate of drug-likeness (QED) is 0.884. The molecule has 0 radical (unpaired) electrons. The Hall–Kier alpha value is -2.21. The van der Waals surface area contributed by atoms with Gasteiger partial charge in [-0.3, -0.25) is 0 Å². The van der Waals surface area contributed by atoms with Gasteiger partial charge in [-0.1, -0.05) is 11.6 Å². The Kier molecular flexibility index (Phi) is 4.70. The van der Waals surface area contributed by atoms with Gasteiger partial charge in [0.15, 0.2) is 0 Å². The molecule has 0 atom stereocenters. The van der Waals surface area contributed by atoms with E-state index in [2.05, 4.69) is 20.6 Å². The Morgan fingerprint density at radius 1 is 1.05 bits per heavy atom. The molecule has 2 rings (SSSR count). The van der Waals surface area contributed by atoms with Gasteiger partial charge in [-0.15, -0.1) is 0 Å². The van der Waals surface area contributed by atoms with Crippen LogP contribution in [0.3, 0.4) is 0 Å². The van der Waals surface area contributed by atoms with E-state index < -0.39 is 0 Å². The Bertz CT molecular complexity index is 649. The van der Waals surface area contributed by atoms with Crippen molar-refractivity contribution in [3.05, 3.63) is 29.0 Å². The zero-order valence-corrected chi connectivity index (χ0v) is 13.1. The zero-order chi connectivity index (χ0) is 15.4. The van der Waals surface area contributed by atoms with Crippen molar-refractivity contribution in [1.29, 1.82) is 0 Å². The summed E-state index contributed by atoms with van der Waals surface area (Å²) in [7, 11) is 4.95. The van der Waals surface area contributed by atoms with Gasteiger partial charge in [-0.25, -0.2) is 9.97 Å². The third kappa shape index (κ3) is 3.11. The largest absolute Gasteiger partial charge is 0.495 e. The third-order valence-corrected chi connectivity index (χ3v) is 3.34. The topological polar surface area (TPSA) is 68.3 Å². The summed E-state index contributed by atoms with van der Waals surface area (Å²) in [5.41, 5.74) is 1.60. The molecule has 2 aromatic rings. The minimum Gasteiger partial charge on any atom is -0.495 e. The number of anilines is 3. The van der Waals surface area contributed by atoms with Crippen LogP contribution in [0.5, 0.6) is 11.5 Å². The third-order valence-electron chi connectivity index (χ3n) is 3.05. The Labute approximate surface area is 128 Å². The van der Waals surface area contributed by atoms with Crippen LogP contribution in [0.2, 0.25) is 5.02 Å². The van der Waals surface area contributed by atoms with Crippen LogP contribution in [0.1, 0.15) is 5.56 Å². The first-order valence-electron chi connectivity index (χ1n) is 6.28. The average Bonchev–Trinajstić information content (AvgIpc) is 2.49. The molecule has 1 aromatic carbocycles. The summed E-state index contributed by atoms with van der Waals surface area (Å²) < 4.78 is 10.5. The Morgan fingerprint density at radius 2 is 1.71 bits per heavy atom. The molecule has 0 unspecified atom stereocenters. The van der Waals surface area contributed by atoms with E-state index in [1.54, 1.807) is 26.4 Å². The van der Waals surface area contributed by atoms with Gasteiger partial charge in [-0.05, 0) is 13.0 Å². The lowest BCUT2D eigenvalue weighted by Crippen LogP contribution is -2.03. The van der Waals surface area contributed by atoms with Crippen molar-refractivity contribution in [2.45, 2.75) is 6.92 Å². The smallest absolute Gasteiger partial charge is 0.146 e. The van der Waals surface area contributed by atoms with Gasteiger partial charge in [0.2, 0.25) is 0 Å². The summed E-state index contributed by atoms with van der Waals surface area (Å²) in [6.07, 6.45) is 1.48. The van der Waals surface area contributed by atoms with E-state index in [-0.39, 0.29) is 0 Å². The Morgan fingerprint density at radius 3 is 2.33 bits per heavy atom. The highest BCUT2D eigenvalue weighted by Gasteiger charge is 2.12. The number of aromatic nitrogens is 2. The summed E-state index contributed by atoms with van der Waals surface area (Å²) in [6.45, 7) is 1.92. The van der Waals surface area contributed by atoms with Gasteiger partial charge in [0.1, 0.15) is 29.5 Å². The van der Waals surface area contributed by atoms with Gasteiger partial charge >= 0.3 is 0 Å². The van der Waals surface area contributed by atoms with Crippen molar-refractivity contribution < 1.29 is 9.47 Å². The minimum atomic E-state index is 0.487. The molecule has 0 aliphatic carbocycles. The lowest BCUT2D eigenvalue weighted by Gasteiger charge is -2.15. The van der Waals surface area contributed by atoms with Gasteiger partial charge in [0.25, 0.3) is 0 Å². The van der Waals surface area contributed by atoms with Crippen LogP contribution in [0.15, 0.2) is 18.5 Å². The number of hydrogen-bond donors (Lipinski definition) is 2. The van der Waals surface area contributed by atoms with Crippen molar-refractivity contribution >= 4 is 28.9 Å². The second kappa shape index (κ2) is 6.49. The molecule has 1 aromatic heterocycles. The van der Waals surface area contributed by atoms with E-state index in [4.69, 9.17) is 21.1 Å². The molecule has 0 saturated carbocycles. The molecule has 0 bridgehead atoms. The molecule has 2 N–H and O–H groups in total. The molecule has 0 aliphatic rings. The van der Waals surface area contributed by atoms with Crippen LogP contribution < -0.4 is 20.1 Å². The van der Waals surface area contributed by atoms with Crippen LogP contribution in [-0.4, -0.2) is 31.2 Å². The highest BCUT2D eigenvalue weighted by molar-refractivity contribution is 6.32. The fourth-order valence-electron chi connectivity index (χ4n) is 1.91. The van der Waals surface area contributed by atoms with E-state index in [9.17, 15) is 0 Å². The molecule has 112 valence electrons. The SMILES string of the molecule is CNc1ncnc(Nc2cc(Cl)c(OC)cc2OC)c1C. The molecular formula is C14H17ClN4O2. The van der Waals surface area contributed by atoms with Gasteiger partial charge < -0.3 is 20.1 Å². The first-order valence-corrected chi connectivity index (χ1v) is 6.66. The van der Waals surface area contributed by atoms with Crippen LogP contribution >= 0.6 is 11.6 Å². The molecule has 21 heavy (non-hydrogen) atoms. The van der Waals surface area contributed by atoms with Crippen LogP contribution in [0.4, 0.5) is 17.3 Å². The first-order chi connectivity index (χ1) is 10.1. The number of benzene rings is 1. The Balaban J connectivity index is 2.42. The number of halogens is 1. The molecule has 1 heterocycles. The number of nitrogens with one attached hydrogen (secondary N) is 2. The van der Waals surface area contributed by atoms with Crippen molar-refractivity contribution in [2.24, 2.45) is 0 Å². The first kappa shape index (κ1) is 15.2. The van der Waals surface area contributed by atoms with Crippen molar-refractivity contribution in [3.8, 4) is 11.5 Å². The maximum atomic E-state index is 6.16. The van der Waals surface area contributed by atoms with Crippen molar-refractivity contribution in [3.63, 3.8) is 0 Å². The second-order valence-corrected chi connectivity index (χ2v) is 4.67. The van der Waals surface area contributed by atoms with E-state index >= 15 is 0 Å². The molecular weight excluding hydrogens is 292 g/mol. The second-order valence-electron chi connectivity index (χ2n) is 4.26. The number of methoxy groups -OCH3 is 2. The van der Waals surface area contributed by atoms with E-state index in [1.807, 2.05) is 14.0 Å². The predicted molar refractivity (Wildman–Crippen MR) is 84.2 cm³/mol. The minimum absolute atomic E-state index is 0.487. The standard InChI is InChI=1S/C14H17ClN4O2/c1-8-13(16-2)17-7-18-14(8)19-10-5-9(15)11(20-3)6-12(10)21-4/h5-7H,1-4H3,(H2,16,17,18,19). The van der Waals surface area contributed by atoms with E-state index in [0.717, 1.165) is 11.4 Å². The molecule has 0 spiro atoms. The maximum absolute atomic E-state index is 6.16. The van der Waals surface area contributed by atoms with Crippen molar-refractivity contribution in [2.75, 3.05) is 31.9 Å². The number of rotatable bonds is 5. The average molecular weight is 309 g/mol. The van der Waals surface area contributed by atoms with Gasteiger partial charge in [0.05, 0.1) is 24.9 Å². The number of nitrogens with zero attached hydrogens (tertiary/aromatic N) is 2. The fourth-order valence-corrected chi connectivity index (χ4v) is 2.15. The molecule has 0 amide bonds. The zero-order valence-electron chi connectivity index (χ0n) is 12.3. The number of ether oxygens (including phenoxy) is 2. The van der Waals surface area contributed by atoms with Crippen LogP contribution in [-0.2, 0) is 0 Å². The summed E-state index contributed by atoms with van der Waals surface area (Å²) in [5, 5.41) is 6.70. The van der Waals surface area contributed by atoms with Crippen molar-refractivity contribution in [1.82, 2.24) is 9.97 Å². The normalized spacial score (nSPS) is 10.1. The van der Waals surface area contributed by atoms with E-state index in [1.165, 1.54) is 6.33 Å². The summed E-state index contributed by atoms with van der Waals surface area (Å²) in [4.78, 5) is 8.38. The van der Waals surface area contributed by atoms with E-state index in [0.29, 0.717) is 28.0 Å². The molecule has 0 saturated heterocycles. The van der Waals surface area contributed by atoms with Crippen LogP contribution in [0, 0.1) is 6.92 Å². The summed E-state index contributed by atoms with van der Waals surface area (Å²) >= 11 is 6.16. The monoisotopic (exact) mass is 308 g/mol. The maximum Gasteiger partial charge on any atom is 0.146 e.